The predicted octanol–water partition coefficient (Wildman–Crippen LogP) is 3.37. The minimum Gasteiger partial charge on any atom is -0.356 e. The van der Waals surface area contributed by atoms with E-state index < -0.39 is 0 Å². The molecule has 2 heterocycles. The molecule has 1 fully saturated rings. The molecule has 0 bridgehead atoms. The number of hydrogen-bond acceptors (Lipinski definition) is 4. The van der Waals surface area contributed by atoms with Crippen LogP contribution in [0.5, 0.6) is 0 Å². The number of likely N-dealkylation sites (tertiary alicyclic amines) is 1. The number of para-hydroxylation sites is 1. The van der Waals surface area contributed by atoms with E-state index >= 15 is 0 Å². The zero-order chi connectivity index (χ0) is 20.6. The molecule has 154 valence electrons. The predicted molar refractivity (Wildman–Crippen MR) is 114 cm³/mol. The summed E-state index contributed by atoms with van der Waals surface area (Å²) < 4.78 is 2.01. The monoisotopic (exact) mass is 394 g/mol. The summed E-state index contributed by atoms with van der Waals surface area (Å²) in [5.41, 5.74) is 1.73. The van der Waals surface area contributed by atoms with Crippen LogP contribution in [0.4, 0.5) is 0 Å². The number of nitrogens with one attached hydrogen (secondary N) is 1. The Kier molecular flexibility index (Phi) is 7.42. The van der Waals surface area contributed by atoms with Gasteiger partial charge in [-0.15, -0.1) is 0 Å². The van der Waals surface area contributed by atoms with Crippen molar-refractivity contribution in [2.45, 2.75) is 45.6 Å². The Morgan fingerprint density at radius 2 is 2.14 bits per heavy atom. The number of piperidine rings is 1. The first kappa shape index (κ1) is 21.1. The second kappa shape index (κ2) is 10.2. The van der Waals surface area contributed by atoms with Gasteiger partial charge in [-0.3, -0.25) is 14.5 Å². The van der Waals surface area contributed by atoms with Crippen molar-refractivity contribution in [3.63, 3.8) is 0 Å². The number of carbonyl (C=O) groups is 2. The maximum absolute atomic E-state index is 13.1. The third kappa shape index (κ3) is 5.45. The Bertz CT molecular complexity index is 896. The highest BCUT2D eigenvalue weighted by molar-refractivity contribution is 6.09. The summed E-state index contributed by atoms with van der Waals surface area (Å²) >= 11 is 0. The molecule has 1 amide bonds. The van der Waals surface area contributed by atoms with Crippen LogP contribution >= 0.6 is 0 Å². The van der Waals surface area contributed by atoms with Crippen molar-refractivity contribution in [3.05, 3.63) is 36.0 Å². The van der Waals surface area contributed by atoms with Crippen molar-refractivity contribution in [2.75, 3.05) is 26.2 Å². The van der Waals surface area contributed by atoms with E-state index in [2.05, 4.69) is 16.3 Å². The van der Waals surface area contributed by atoms with E-state index in [0.717, 1.165) is 48.8 Å². The van der Waals surface area contributed by atoms with Crippen molar-refractivity contribution < 1.29 is 9.59 Å². The lowest BCUT2D eigenvalue weighted by molar-refractivity contribution is -0.121. The van der Waals surface area contributed by atoms with E-state index in [1.807, 2.05) is 42.0 Å². The average molecular weight is 395 g/mol. The zero-order valence-corrected chi connectivity index (χ0v) is 17.2. The maximum Gasteiger partial charge on any atom is 0.219 e. The van der Waals surface area contributed by atoms with Gasteiger partial charge in [-0.2, -0.15) is 5.26 Å². The van der Waals surface area contributed by atoms with Gasteiger partial charge in [0.1, 0.15) is 0 Å². The van der Waals surface area contributed by atoms with Gasteiger partial charge in [0.05, 0.1) is 19.0 Å². The third-order valence-corrected chi connectivity index (χ3v) is 5.59. The number of hydrogen-bond donors (Lipinski definition) is 1. The van der Waals surface area contributed by atoms with Crippen LogP contribution in [-0.4, -0.2) is 47.3 Å². The fourth-order valence-corrected chi connectivity index (χ4v) is 4.15. The Morgan fingerprint density at radius 3 is 2.93 bits per heavy atom. The molecular formula is C23H30N4O2. The molecule has 2 aromatic rings. The van der Waals surface area contributed by atoms with Gasteiger partial charge in [0.25, 0.3) is 0 Å². The molecular weight excluding hydrogens is 364 g/mol. The fraction of sp³-hybridized carbons (Fsp3) is 0.522. The summed E-state index contributed by atoms with van der Waals surface area (Å²) in [6.45, 7) is 5.43. The minimum atomic E-state index is 0.117. The van der Waals surface area contributed by atoms with Gasteiger partial charge >= 0.3 is 0 Å². The first-order valence-corrected chi connectivity index (χ1v) is 10.6. The number of ketones is 1. The summed E-state index contributed by atoms with van der Waals surface area (Å²) in [4.78, 5) is 27.0. The molecule has 1 N–H and O–H groups in total. The van der Waals surface area contributed by atoms with E-state index in [1.54, 1.807) is 0 Å². The molecule has 0 saturated carbocycles. The summed E-state index contributed by atoms with van der Waals surface area (Å²) in [6, 6.07) is 10.1. The van der Waals surface area contributed by atoms with Crippen LogP contribution in [0.3, 0.4) is 0 Å². The Morgan fingerprint density at radius 1 is 1.31 bits per heavy atom. The molecule has 1 aliphatic rings. The van der Waals surface area contributed by atoms with Gasteiger partial charge in [-0.05, 0) is 37.8 Å². The number of fused-ring (bicyclic) bond motifs is 1. The lowest BCUT2D eigenvalue weighted by atomic mass is 9.97. The number of Topliss-reactive ketones (excluding diaryl/α,β-unsaturated/α-hetero) is 1. The molecule has 0 radical (unpaired) electrons. The van der Waals surface area contributed by atoms with Crippen LogP contribution in [0.1, 0.15) is 49.4 Å². The first-order valence-electron chi connectivity index (χ1n) is 10.6. The molecule has 1 aromatic carbocycles. The normalized spacial score (nSPS) is 17.2. The van der Waals surface area contributed by atoms with Gasteiger partial charge in [0, 0.05) is 48.7 Å². The highest BCUT2D eigenvalue weighted by atomic mass is 16.1. The molecule has 29 heavy (non-hydrogen) atoms. The molecule has 0 spiro atoms. The number of amides is 1. The number of nitriles is 1. The van der Waals surface area contributed by atoms with Crippen LogP contribution in [0, 0.1) is 17.2 Å². The molecule has 1 unspecified atom stereocenters. The highest BCUT2D eigenvalue weighted by Gasteiger charge is 2.24. The highest BCUT2D eigenvalue weighted by Crippen LogP contribution is 2.23. The summed E-state index contributed by atoms with van der Waals surface area (Å²) in [5.74, 6) is 0.632. The summed E-state index contributed by atoms with van der Waals surface area (Å²) in [7, 11) is 0. The molecule has 3 rings (SSSR count). The molecule has 6 heteroatoms. The van der Waals surface area contributed by atoms with Crippen LogP contribution < -0.4 is 5.32 Å². The van der Waals surface area contributed by atoms with Crippen LogP contribution in [0.2, 0.25) is 0 Å². The summed E-state index contributed by atoms with van der Waals surface area (Å²) in [6.07, 6.45) is 5.89. The molecule has 0 aliphatic carbocycles. The van der Waals surface area contributed by atoms with Gasteiger partial charge in [-0.1, -0.05) is 25.1 Å². The van der Waals surface area contributed by atoms with E-state index in [4.69, 9.17) is 5.26 Å². The lowest BCUT2D eigenvalue weighted by Crippen LogP contribution is -2.42. The number of rotatable bonds is 9. The second-order valence-corrected chi connectivity index (χ2v) is 7.88. The Hall–Kier alpha value is -2.65. The quantitative estimate of drug-likeness (QED) is 0.662. The van der Waals surface area contributed by atoms with E-state index in [-0.39, 0.29) is 11.7 Å². The topological polar surface area (TPSA) is 78.1 Å². The van der Waals surface area contributed by atoms with Crippen molar-refractivity contribution in [1.29, 1.82) is 5.26 Å². The van der Waals surface area contributed by atoms with E-state index in [9.17, 15) is 9.59 Å². The number of aryl methyl sites for hydroxylation is 1. The van der Waals surface area contributed by atoms with Crippen LogP contribution in [-0.2, 0) is 11.3 Å². The SMILES string of the molecule is CCCC(=O)NCC1CCCN(CC(=O)c2cn(CCC#N)c3ccccc23)C1. The lowest BCUT2D eigenvalue weighted by Gasteiger charge is -2.32. The van der Waals surface area contributed by atoms with E-state index in [0.29, 0.717) is 38.4 Å². The number of benzene rings is 1. The van der Waals surface area contributed by atoms with Crippen molar-refractivity contribution in [3.8, 4) is 6.07 Å². The standard InChI is InChI=1S/C23H30N4O2/c1-2-7-23(29)25-14-18-8-5-12-26(15-18)17-22(28)20-16-27(13-6-11-24)21-10-4-3-9-19(20)21/h3-4,9-10,16,18H,2,5-8,12-15,17H2,1H3,(H,25,29). The van der Waals surface area contributed by atoms with Gasteiger partial charge in [0.2, 0.25) is 5.91 Å². The van der Waals surface area contributed by atoms with Crippen molar-refractivity contribution in [2.24, 2.45) is 5.92 Å². The van der Waals surface area contributed by atoms with Crippen molar-refractivity contribution >= 4 is 22.6 Å². The molecule has 1 atom stereocenters. The number of nitrogens with zero attached hydrogens (tertiary/aromatic N) is 3. The Balaban J connectivity index is 1.64. The average Bonchev–Trinajstić information content (AvgIpc) is 3.10. The number of carbonyl (C=O) groups excluding carboxylic acids is 2. The molecule has 6 nitrogen and oxygen atoms in total. The maximum atomic E-state index is 13.1. The molecule has 1 aliphatic heterocycles. The molecule has 1 saturated heterocycles. The van der Waals surface area contributed by atoms with Gasteiger partial charge in [0.15, 0.2) is 5.78 Å². The smallest absolute Gasteiger partial charge is 0.219 e. The van der Waals surface area contributed by atoms with Crippen molar-refractivity contribution in [1.82, 2.24) is 14.8 Å². The third-order valence-electron chi connectivity index (χ3n) is 5.59. The van der Waals surface area contributed by atoms with E-state index in [1.165, 1.54) is 0 Å². The fourth-order valence-electron chi connectivity index (χ4n) is 4.15. The Labute approximate surface area is 172 Å². The van der Waals surface area contributed by atoms with Crippen LogP contribution in [0.15, 0.2) is 30.5 Å². The second-order valence-electron chi connectivity index (χ2n) is 7.88. The van der Waals surface area contributed by atoms with Gasteiger partial charge in [-0.25, -0.2) is 0 Å². The zero-order valence-electron chi connectivity index (χ0n) is 17.2. The largest absolute Gasteiger partial charge is 0.356 e. The molecule has 1 aromatic heterocycles. The summed E-state index contributed by atoms with van der Waals surface area (Å²) in [5, 5.41) is 12.9. The number of aromatic nitrogens is 1. The van der Waals surface area contributed by atoms with Crippen LogP contribution in [0.25, 0.3) is 10.9 Å². The first-order chi connectivity index (χ1) is 14.1. The minimum absolute atomic E-state index is 0.117. The van der Waals surface area contributed by atoms with Gasteiger partial charge < -0.3 is 9.88 Å².